The number of hydrogen-bond acceptors (Lipinski definition) is 7. The van der Waals surface area contributed by atoms with Gasteiger partial charge < -0.3 is 19.5 Å². The predicted octanol–water partition coefficient (Wildman–Crippen LogP) is 3.20. The molecule has 1 atom stereocenters. The molecule has 34 heavy (non-hydrogen) atoms. The summed E-state index contributed by atoms with van der Waals surface area (Å²) in [6.07, 6.45) is 1.43. The van der Waals surface area contributed by atoms with E-state index in [9.17, 15) is 14.4 Å². The molecule has 182 valence electrons. The topological polar surface area (TPSA) is 115 Å². The molecule has 0 heterocycles. The Kier molecular flexibility index (Phi) is 10.3. The molecule has 2 N–H and O–H groups in total. The first-order valence-corrected chi connectivity index (χ1v) is 11.0. The Hall–Kier alpha value is -3.59. The molecule has 2 amide bonds. The number of benzene rings is 2. The van der Waals surface area contributed by atoms with Crippen LogP contribution in [-0.4, -0.2) is 50.4 Å². The maximum atomic E-state index is 12.7. The standard InChI is InChI=1S/C24H28ClN3O6/c1-5-33-20-12-16(10-11-19(20)34-14-21(29)32-4)13-26-28-24(31)22(15(2)3)27-23(30)17-8-6-7-9-18(17)25/h6-13,15,22H,5,14H2,1-4H3,(H,27,30)(H,28,31). The summed E-state index contributed by atoms with van der Waals surface area (Å²) in [7, 11) is 1.27. The van der Waals surface area contributed by atoms with E-state index >= 15 is 0 Å². The Morgan fingerprint density at radius 1 is 1.09 bits per heavy atom. The maximum Gasteiger partial charge on any atom is 0.343 e. The minimum absolute atomic E-state index is 0.197. The summed E-state index contributed by atoms with van der Waals surface area (Å²) in [5.41, 5.74) is 3.35. The van der Waals surface area contributed by atoms with E-state index < -0.39 is 23.8 Å². The number of hydrogen-bond donors (Lipinski definition) is 2. The molecule has 0 aromatic heterocycles. The molecular weight excluding hydrogens is 462 g/mol. The van der Waals surface area contributed by atoms with Crippen LogP contribution in [0.5, 0.6) is 11.5 Å². The van der Waals surface area contributed by atoms with Gasteiger partial charge in [0.1, 0.15) is 6.04 Å². The van der Waals surface area contributed by atoms with Gasteiger partial charge in [-0.1, -0.05) is 37.6 Å². The van der Waals surface area contributed by atoms with Crippen LogP contribution in [0.1, 0.15) is 36.7 Å². The van der Waals surface area contributed by atoms with Crippen LogP contribution in [0.2, 0.25) is 5.02 Å². The van der Waals surface area contributed by atoms with Gasteiger partial charge in [0.25, 0.3) is 11.8 Å². The van der Waals surface area contributed by atoms with Crippen LogP contribution in [0.15, 0.2) is 47.6 Å². The number of nitrogens with zero attached hydrogens (tertiary/aromatic N) is 1. The molecule has 1 unspecified atom stereocenters. The van der Waals surface area contributed by atoms with Gasteiger partial charge in [-0.15, -0.1) is 0 Å². The molecule has 0 aliphatic rings. The average Bonchev–Trinajstić information content (AvgIpc) is 2.81. The number of rotatable bonds is 11. The second-order valence-electron chi connectivity index (χ2n) is 7.41. The lowest BCUT2D eigenvalue weighted by Gasteiger charge is -2.20. The van der Waals surface area contributed by atoms with Gasteiger partial charge in [-0.25, -0.2) is 10.2 Å². The van der Waals surface area contributed by atoms with Crippen molar-refractivity contribution in [3.63, 3.8) is 0 Å². The third kappa shape index (κ3) is 7.77. The van der Waals surface area contributed by atoms with Crippen molar-refractivity contribution >= 4 is 35.6 Å². The fraction of sp³-hybridized carbons (Fsp3) is 0.333. The third-order valence-electron chi connectivity index (χ3n) is 4.58. The average molecular weight is 490 g/mol. The summed E-state index contributed by atoms with van der Waals surface area (Å²) in [6, 6.07) is 10.7. The zero-order chi connectivity index (χ0) is 25.1. The molecule has 0 aliphatic heterocycles. The molecule has 0 saturated carbocycles. The summed E-state index contributed by atoms with van der Waals surface area (Å²) in [5.74, 6) is -0.860. The smallest absolute Gasteiger partial charge is 0.343 e. The highest BCUT2D eigenvalue weighted by atomic mass is 35.5. The lowest BCUT2D eigenvalue weighted by molar-refractivity contribution is -0.142. The summed E-state index contributed by atoms with van der Waals surface area (Å²) in [6.45, 7) is 5.56. The van der Waals surface area contributed by atoms with Crippen LogP contribution in [0.25, 0.3) is 0 Å². The van der Waals surface area contributed by atoms with Gasteiger partial charge in [0, 0.05) is 0 Å². The highest BCUT2D eigenvalue weighted by molar-refractivity contribution is 6.33. The SMILES string of the molecule is CCOc1cc(C=NNC(=O)C(NC(=O)c2ccccc2Cl)C(C)C)ccc1OCC(=O)OC. The molecule has 2 aromatic rings. The number of halogens is 1. The molecule has 9 nitrogen and oxygen atoms in total. The minimum Gasteiger partial charge on any atom is -0.490 e. The van der Waals surface area contributed by atoms with Gasteiger partial charge in [0.15, 0.2) is 18.1 Å². The monoisotopic (exact) mass is 489 g/mol. The van der Waals surface area contributed by atoms with Crippen LogP contribution in [0.3, 0.4) is 0 Å². The van der Waals surface area contributed by atoms with Gasteiger partial charge in [0.2, 0.25) is 0 Å². The summed E-state index contributed by atoms with van der Waals surface area (Å²) < 4.78 is 15.5. The van der Waals surface area contributed by atoms with Crippen molar-refractivity contribution in [3.05, 3.63) is 58.6 Å². The van der Waals surface area contributed by atoms with Gasteiger partial charge in [0.05, 0.1) is 30.5 Å². The molecule has 0 saturated heterocycles. The fourth-order valence-corrected chi connectivity index (χ4v) is 3.05. The van der Waals surface area contributed by atoms with E-state index in [2.05, 4.69) is 20.6 Å². The molecule has 0 spiro atoms. The molecule has 10 heteroatoms. The Bertz CT molecular complexity index is 1040. The van der Waals surface area contributed by atoms with E-state index in [1.807, 2.05) is 20.8 Å². The number of methoxy groups -OCH3 is 1. The Labute approximate surface area is 203 Å². The summed E-state index contributed by atoms with van der Waals surface area (Å²) in [4.78, 5) is 36.5. The van der Waals surface area contributed by atoms with E-state index in [1.165, 1.54) is 13.3 Å². The zero-order valence-electron chi connectivity index (χ0n) is 19.5. The van der Waals surface area contributed by atoms with E-state index in [0.717, 1.165) is 0 Å². The number of hydrazone groups is 1. The number of carbonyl (C=O) groups excluding carboxylic acids is 3. The third-order valence-corrected chi connectivity index (χ3v) is 4.91. The van der Waals surface area contributed by atoms with Crippen LogP contribution in [0.4, 0.5) is 0 Å². The van der Waals surface area contributed by atoms with Crippen molar-refractivity contribution in [1.29, 1.82) is 0 Å². The van der Waals surface area contributed by atoms with Crippen molar-refractivity contribution in [1.82, 2.24) is 10.7 Å². The first-order chi connectivity index (χ1) is 16.3. The Morgan fingerprint density at radius 2 is 1.82 bits per heavy atom. The quantitative estimate of drug-likeness (QED) is 0.284. The highest BCUT2D eigenvalue weighted by Gasteiger charge is 2.25. The molecule has 0 radical (unpaired) electrons. The van der Waals surface area contributed by atoms with Crippen molar-refractivity contribution in [2.24, 2.45) is 11.0 Å². The maximum absolute atomic E-state index is 12.7. The lowest BCUT2D eigenvalue weighted by atomic mass is 10.0. The largest absolute Gasteiger partial charge is 0.490 e. The van der Waals surface area contributed by atoms with Crippen LogP contribution < -0.4 is 20.2 Å². The molecular formula is C24H28ClN3O6. The first-order valence-electron chi connectivity index (χ1n) is 10.6. The number of ether oxygens (including phenoxy) is 3. The fourth-order valence-electron chi connectivity index (χ4n) is 2.83. The van der Waals surface area contributed by atoms with E-state index in [4.69, 9.17) is 21.1 Å². The van der Waals surface area contributed by atoms with Gasteiger partial charge in [-0.3, -0.25) is 9.59 Å². The first kappa shape index (κ1) is 26.7. The van der Waals surface area contributed by atoms with Crippen molar-refractivity contribution in [3.8, 4) is 11.5 Å². The molecule has 0 aliphatic carbocycles. The van der Waals surface area contributed by atoms with Crippen LogP contribution >= 0.6 is 11.6 Å². The Balaban J connectivity index is 2.06. The second-order valence-corrected chi connectivity index (χ2v) is 7.82. The summed E-state index contributed by atoms with van der Waals surface area (Å²) in [5, 5.41) is 6.98. The van der Waals surface area contributed by atoms with Crippen molar-refractivity contribution in [2.45, 2.75) is 26.8 Å². The number of nitrogens with one attached hydrogen (secondary N) is 2. The molecule has 2 rings (SSSR count). The van der Waals surface area contributed by atoms with E-state index in [1.54, 1.807) is 42.5 Å². The van der Waals surface area contributed by atoms with Gasteiger partial charge in [-0.2, -0.15) is 5.10 Å². The molecule has 0 bridgehead atoms. The van der Waals surface area contributed by atoms with Gasteiger partial charge in [-0.05, 0) is 48.7 Å². The van der Waals surface area contributed by atoms with Gasteiger partial charge >= 0.3 is 5.97 Å². The zero-order valence-corrected chi connectivity index (χ0v) is 20.2. The molecule has 2 aromatic carbocycles. The minimum atomic E-state index is -0.825. The predicted molar refractivity (Wildman–Crippen MR) is 128 cm³/mol. The highest BCUT2D eigenvalue weighted by Crippen LogP contribution is 2.28. The Morgan fingerprint density at radius 3 is 2.47 bits per heavy atom. The van der Waals surface area contributed by atoms with Crippen LogP contribution in [-0.2, 0) is 14.3 Å². The number of amides is 2. The number of esters is 1. The van der Waals surface area contributed by atoms with E-state index in [0.29, 0.717) is 28.7 Å². The lowest BCUT2D eigenvalue weighted by Crippen LogP contribution is -2.48. The number of carbonyl (C=O) groups is 3. The van der Waals surface area contributed by atoms with Crippen LogP contribution in [0, 0.1) is 5.92 Å². The van der Waals surface area contributed by atoms with Crippen molar-refractivity contribution in [2.75, 3.05) is 20.3 Å². The summed E-state index contributed by atoms with van der Waals surface area (Å²) >= 11 is 6.08. The van der Waals surface area contributed by atoms with E-state index in [-0.39, 0.29) is 18.1 Å². The molecule has 0 fully saturated rings. The van der Waals surface area contributed by atoms with Crippen molar-refractivity contribution < 1.29 is 28.6 Å². The normalized spacial score (nSPS) is 11.7. The second kappa shape index (κ2) is 13.2.